The maximum Gasteiger partial charge on any atom is 0.292 e. The molecule has 3 aromatic rings. The lowest BCUT2D eigenvalue weighted by molar-refractivity contribution is -0.383. The highest BCUT2D eigenvalue weighted by Gasteiger charge is 2.30. The van der Waals surface area contributed by atoms with Gasteiger partial charge in [-0.1, -0.05) is 72.8 Å². The van der Waals surface area contributed by atoms with Crippen molar-refractivity contribution in [1.82, 2.24) is 5.32 Å². The van der Waals surface area contributed by atoms with Gasteiger partial charge in [-0.2, -0.15) is 0 Å². The van der Waals surface area contributed by atoms with E-state index < -0.39 is 10.5 Å². The van der Waals surface area contributed by atoms with E-state index in [1.54, 1.807) is 18.2 Å². The van der Waals surface area contributed by atoms with Gasteiger partial charge in [0.15, 0.2) is 0 Å². The van der Waals surface area contributed by atoms with Crippen molar-refractivity contribution < 1.29 is 9.72 Å². The molecule has 0 aliphatic carbocycles. The molecule has 3 aromatic carbocycles. The summed E-state index contributed by atoms with van der Waals surface area (Å²) in [6.07, 6.45) is 0. The summed E-state index contributed by atoms with van der Waals surface area (Å²) >= 11 is 0. The minimum atomic E-state index is -0.732. The Morgan fingerprint density at radius 3 is 1.93 bits per heavy atom. The van der Waals surface area contributed by atoms with E-state index in [9.17, 15) is 14.9 Å². The quantitative estimate of drug-likeness (QED) is 0.481. The van der Waals surface area contributed by atoms with Crippen LogP contribution in [0.5, 0.6) is 0 Å². The van der Waals surface area contributed by atoms with E-state index in [4.69, 9.17) is 0 Å². The molecule has 1 amide bonds. The molecule has 0 unspecified atom stereocenters. The maximum absolute atomic E-state index is 12.7. The summed E-state index contributed by atoms with van der Waals surface area (Å²) < 4.78 is 0. The number of carbonyl (C=O) groups excluding carboxylic acids is 1. The number of benzene rings is 3. The van der Waals surface area contributed by atoms with E-state index >= 15 is 0 Å². The number of carbonyl (C=O) groups is 1. The van der Waals surface area contributed by atoms with E-state index in [2.05, 4.69) is 10.6 Å². The number of amides is 1. The van der Waals surface area contributed by atoms with Gasteiger partial charge in [0.1, 0.15) is 5.69 Å². The normalized spacial score (nSPS) is 10.9. The molecule has 6 nitrogen and oxygen atoms in total. The summed E-state index contributed by atoms with van der Waals surface area (Å²) in [6.45, 7) is 1.86. The first-order valence-corrected chi connectivity index (χ1v) is 8.90. The smallest absolute Gasteiger partial charge is 0.292 e. The van der Waals surface area contributed by atoms with Gasteiger partial charge in [0.25, 0.3) is 5.69 Å². The lowest BCUT2D eigenvalue weighted by Crippen LogP contribution is -2.46. The first kappa shape index (κ1) is 19.1. The summed E-state index contributed by atoms with van der Waals surface area (Å²) in [5.41, 5.74) is 1.40. The average Bonchev–Trinajstić information content (AvgIpc) is 2.73. The van der Waals surface area contributed by atoms with Crippen molar-refractivity contribution in [2.75, 3.05) is 11.9 Å². The van der Waals surface area contributed by atoms with Crippen molar-refractivity contribution in [3.8, 4) is 0 Å². The molecule has 0 radical (unpaired) electrons. The van der Waals surface area contributed by atoms with Crippen LogP contribution in [0.25, 0.3) is 0 Å². The Morgan fingerprint density at radius 1 is 0.893 bits per heavy atom. The Bertz CT molecular complexity index is 920. The molecule has 2 N–H and O–H groups in total. The number of anilines is 1. The Morgan fingerprint density at radius 2 is 1.39 bits per heavy atom. The van der Waals surface area contributed by atoms with Crippen LogP contribution in [0, 0.1) is 10.1 Å². The Hall–Kier alpha value is -3.67. The van der Waals surface area contributed by atoms with Gasteiger partial charge in [0.05, 0.1) is 17.0 Å². The van der Waals surface area contributed by atoms with Crippen LogP contribution in [-0.2, 0) is 10.3 Å². The summed E-state index contributed by atoms with van der Waals surface area (Å²) in [7, 11) is 0. The highest BCUT2D eigenvalue weighted by atomic mass is 16.6. The third kappa shape index (κ3) is 4.17. The topological polar surface area (TPSA) is 84.3 Å². The molecule has 0 saturated heterocycles. The van der Waals surface area contributed by atoms with Gasteiger partial charge in [0.2, 0.25) is 5.91 Å². The Kier molecular flexibility index (Phi) is 5.69. The summed E-state index contributed by atoms with van der Waals surface area (Å²) in [4.78, 5) is 23.4. The van der Waals surface area contributed by atoms with Crippen molar-refractivity contribution in [3.05, 3.63) is 106 Å². The second-order valence-corrected chi connectivity index (χ2v) is 6.53. The van der Waals surface area contributed by atoms with Gasteiger partial charge in [0, 0.05) is 6.07 Å². The minimum absolute atomic E-state index is 0.0656. The van der Waals surface area contributed by atoms with Crippen molar-refractivity contribution in [3.63, 3.8) is 0 Å². The van der Waals surface area contributed by atoms with Crippen LogP contribution >= 0.6 is 0 Å². The van der Waals surface area contributed by atoms with E-state index in [1.807, 2.05) is 67.6 Å². The lowest BCUT2D eigenvalue weighted by atomic mass is 9.84. The third-order valence-electron chi connectivity index (χ3n) is 4.63. The lowest BCUT2D eigenvalue weighted by Gasteiger charge is -2.32. The van der Waals surface area contributed by atoms with Crippen molar-refractivity contribution in [2.45, 2.75) is 12.5 Å². The molecule has 3 rings (SSSR count). The van der Waals surface area contributed by atoms with Crippen molar-refractivity contribution >= 4 is 17.3 Å². The SMILES string of the molecule is CC(NC(=O)CNc1ccccc1[N+](=O)[O-])(c1ccccc1)c1ccccc1. The van der Waals surface area contributed by atoms with Gasteiger partial charge in [-0.25, -0.2) is 0 Å². The second-order valence-electron chi connectivity index (χ2n) is 6.53. The van der Waals surface area contributed by atoms with E-state index in [0.29, 0.717) is 5.69 Å². The van der Waals surface area contributed by atoms with Crippen LogP contribution in [0.3, 0.4) is 0 Å². The molecular weight excluding hydrogens is 354 g/mol. The third-order valence-corrected chi connectivity index (χ3v) is 4.63. The number of nitro benzene ring substituents is 1. The van der Waals surface area contributed by atoms with Crippen molar-refractivity contribution in [2.24, 2.45) is 0 Å². The summed E-state index contributed by atoms with van der Waals surface area (Å²) in [6, 6.07) is 25.6. The molecule has 0 heterocycles. The standard InChI is InChI=1S/C22H21N3O3/c1-22(17-10-4-2-5-11-17,18-12-6-3-7-13-18)24-21(26)16-23-19-14-8-9-15-20(19)25(27)28/h2-15,23H,16H2,1H3,(H,24,26). The first-order chi connectivity index (χ1) is 13.5. The fraction of sp³-hybridized carbons (Fsp3) is 0.136. The molecule has 28 heavy (non-hydrogen) atoms. The van der Waals surface area contributed by atoms with Crippen LogP contribution in [0.2, 0.25) is 0 Å². The zero-order valence-electron chi connectivity index (χ0n) is 15.5. The molecule has 6 heteroatoms. The van der Waals surface area contributed by atoms with Crippen LogP contribution in [-0.4, -0.2) is 17.4 Å². The molecule has 0 aromatic heterocycles. The number of hydrogen-bond donors (Lipinski definition) is 2. The molecule has 142 valence electrons. The molecule has 0 aliphatic rings. The zero-order chi connectivity index (χ0) is 20.0. The van der Waals surface area contributed by atoms with Crippen LogP contribution in [0.4, 0.5) is 11.4 Å². The Labute approximate surface area is 163 Å². The first-order valence-electron chi connectivity index (χ1n) is 8.90. The summed E-state index contributed by atoms with van der Waals surface area (Å²) in [5, 5.41) is 17.1. The molecule has 0 spiro atoms. The molecule has 0 bridgehead atoms. The van der Waals surface area contributed by atoms with Crippen LogP contribution < -0.4 is 10.6 Å². The number of hydrogen-bond acceptors (Lipinski definition) is 4. The van der Waals surface area contributed by atoms with Crippen LogP contribution in [0.1, 0.15) is 18.1 Å². The fourth-order valence-corrected chi connectivity index (χ4v) is 3.13. The Balaban J connectivity index is 1.81. The van der Waals surface area contributed by atoms with Crippen molar-refractivity contribution in [1.29, 1.82) is 0 Å². The molecule has 0 saturated carbocycles. The molecular formula is C22H21N3O3. The van der Waals surface area contributed by atoms with Gasteiger partial charge in [-0.3, -0.25) is 14.9 Å². The predicted octanol–water partition coefficient (Wildman–Crippen LogP) is 4.09. The average molecular weight is 375 g/mol. The number of nitro groups is 1. The van der Waals surface area contributed by atoms with E-state index in [-0.39, 0.29) is 18.1 Å². The van der Waals surface area contributed by atoms with Gasteiger partial charge >= 0.3 is 0 Å². The van der Waals surface area contributed by atoms with E-state index in [0.717, 1.165) is 11.1 Å². The minimum Gasteiger partial charge on any atom is -0.371 e. The monoisotopic (exact) mass is 375 g/mol. The molecule has 0 aliphatic heterocycles. The highest BCUT2D eigenvalue weighted by molar-refractivity contribution is 5.83. The van der Waals surface area contributed by atoms with Crippen LogP contribution in [0.15, 0.2) is 84.9 Å². The number of nitrogens with zero attached hydrogens (tertiary/aromatic N) is 1. The highest BCUT2D eigenvalue weighted by Crippen LogP contribution is 2.29. The van der Waals surface area contributed by atoms with Gasteiger partial charge in [-0.15, -0.1) is 0 Å². The number of rotatable bonds is 7. The number of nitrogens with one attached hydrogen (secondary N) is 2. The van der Waals surface area contributed by atoms with Gasteiger partial charge < -0.3 is 10.6 Å². The fourth-order valence-electron chi connectivity index (χ4n) is 3.13. The second kappa shape index (κ2) is 8.35. The largest absolute Gasteiger partial charge is 0.371 e. The molecule has 0 fully saturated rings. The molecule has 0 atom stereocenters. The predicted molar refractivity (Wildman–Crippen MR) is 109 cm³/mol. The summed E-state index contributed by atoms with van der Waals surface area (Å²) in [5.74, 6) is -0.270. The zero-order valence-corrected chi connectivity index (χ0v) is 15.5. The maximum atomic E-state index is 12.7. The van der Waals surface area contributed by atoms with E-state index in [1.165, 1.54) is 6.07 Å². The number of para-hydroxylation sites is 2. The van der Waals surface area contributed by atoms with Gasteiger partial charge in [-0.05, 0) is 24.1 Å².